The zero-order valence-electron chi connectivity index (χ0n) is 15.2. The summed E-state index contributed by atoms with van der Waals surface area (Å²) < 4.78 is 0. The van der Waals surface area contributed by atoms with Crippen LogP contribution in [0.2, 0.25) is 0 Å². The van der Waals surface area contributed by atoms with Gasteiger partial charge in [-0.15, -0.1) is 0 Å². The number of hydrogen-bond donors (Lipinski definition) is 2. The van der Waals surface area contributed by atoms with Gasteiger partial charge < -0.3 is 10.2 Å². The minimum atomic E-state index is -1.59. The molecule has 0 heterocycles. The second kappa shape index (κ2) is 10.4. The molecule has 0 aliphatic carbocycles. The Morgan fingerprint density at radius 1 is 0.815 bits per heavy atom. The van der Waals surface area contributed by atoms with Crippen LogP contribution in [-0.4, -0.2) is 34.4 Å². The number of ketones is 2. The first-order valence-corrected chi connectivity index (χ1v) is 9.06. The lowest BCUT2D eigenvalue weighted by atomic mass is 9.94. The van der Waals surface area contributed by atoms with E-state index >= 15 is 0 Å². The van der Waals surface area contributed by atoms with Gasteiger partial charge in [0.1, 0.15) is 0 Å². The molecule has 0 saturated heterocycles. The van der Waals surface area contributed by atoms with Crippen molar-refractivity contribution in [2.75, 3.05) is 6.61 Å². The molecule has 142 valence electrons. The minimum Gasteiger partial charge on any atom is -0.475 e. The van der Waals surface area contributed by atoms with E-state index in [-0.39, 0.29) is 6.61 Å². The molecular formula is C22H24O5. The standard InChI is InChI=1S/C22H24O5/c23-10-6-2-5-9-17-12-18(11-16-7-3-1-4-8-16)14-19(13-17)20(24)15-21(25)22(26)27/h1,3-4,7-8,12-14,23H,2,5-6,9-11,15H2,(H,26,27). The first-order chi connectivity index (χ1) is 13.0. The van der Waals surface area contributed by atoms with E-state index < -0.39 is 24.0 Å². The van der Waals surface area contributed by atoms with Crippen LogP contribution in [0.4, 0.5) is 0 Å². The first kappa shape index (κ1) is 20.5. The number of carbonyl (C=O) groups is 3. The maximum absolute atomic E-state index is 12.4. The predicted molar refractivity (Wildman–Crippen MR) is 102 cm³/mol. The monoisotopic (exact) mass is 368 g/mol. The number of rotatable bonds is 11. The minimum absolute atomic E-state index is 0.162. The summed E-state index contributed by atoms with van der Waals surface area (Å²) in [6.45, 7) is 0.162. The van der Waals surface area contributed by atoms with Gasteiger partial charge in [0, 0.05) is 12.2 Å². The Bertz CT molecular complexity index is 796. The van der Waals surface area contributed by atoms with Crippen molar-refractivity contribution in [2.24, 2.45) is 0 Å². The van der Waals surface area contributed by atoms with Gasteiger partial charge in [-0.25, -0.2) is 4.79 Å². The van der Waals surface area contributed by atoms with Crippen molar-refractivity contribution in [3.63, 3.8) is 0 Å². The van der Waals surface area contributed by atoms with Gasteiger partial charge in [-0.1, -0.05) is 42.8 Å². The SMILES string of the molecule is O=C(O)C(=O)CC(=O)c1cc(CCCCCO)cc(Cc2ccccc2)c1. The number of hydrogen-bond acceptors (Lipinski definition) is 4. The van der Waals surface area contributed by atoms with Crippen molar-refractivity contribution in [2.45, 2.75) is 38.5 Å². The van der Waals surface area contributed by atoms with Gasteiger partial charge in [0.25, 0.3) is 0 Å². The summed E-state index contributed by atoms with van der Waals surface area (Å²) in [6.07, 6.45) is 3.29. The van der Waals surface area contributed by atoms with Gasteiger partial charge in [0.15, 0.2) is 5.78 Å². The molecule has 0 aliphatic rings. The van der Waals surface area contributed by atoms with Gasteiger partial charge in [-0.05, 0) is 54.5 Å². The molecule has 5 nitrogen and oxygen atoms in total. The molecule has 0 saturated carbocycles. The third-order valence-corrected chi connectivity index (χ3v) is 4.31. The van der Waals surface area contributed by atoms with Crippen LogP contribution in [0.5, 0.6) is 0 Å². The van der Waals surface area contributed by atoms with Crippen LogP contribution in [-0.2, 0) is 22.4 Å². The number of carboxylic acid groups (broad SMARTS) is 1. The van der Waals surface area contributed by atoms with Gasteiger partial charge in [0.05, 0.1) is 6.42 Å². The molecular weight excluding hydrogens is 344 g/mol. The zero-order chi connectivity index (χ0) is 19.6. The number of aliphatic carboxylic acids is 1. The third-order valence-electron chi connectivity index (χ3n) is 4.31. The van der Waals surface area contributed by atoms with Crippen molar-refractivity contribution in [1.29, 1.82) is 0 Å². The molecule has 0 atom stereocenters. The number of carboxylic acids is 1. The van der Waals surface area contributed by atoms with Gasteiger partial charge >= 0.3 is 5.97 Å². The van der Waals surface area contributed by atoms with Gasteiger partial charge in [0.2, 0.25) is 5.78 Å². The highest BCUT2D eigenvalue weighted by atomic mass is 16.4. The molecule has 2 rings (SSSR count). The molecule has 27 heavy (non-hydrogen) atoms. The molecule has 0 amide bonds. The molecule has 2 N–H and O–H groups in total. The Morgan fingerprint density at radius 3 is 2.19 bits per heavy atom. The Morgan fingerprint density at radius 2 is 1.52 bits per heavy atom. The molecule has 5 heteroatoms. The highest BCUT2D eigenvalue weighted by Crippen LogP contribution is 2.18. The fourth-order valence-electron chi connectivity index (χ4n) is 2.94. The number of aryl methyl sites for hydroxylation is 1. The van der Waals surface area contributed by atoms with Crippen molar-refractivity contribution in [1.82, 2.24) is 0 Å². The summed E-state index contributed by atoms with van der Waals surface area (Å²) >= 11 is 0. The van der Waals surface area contributed by atoms with Crippen LogP contribution in [0, 0.1) is 0 Å². The smallest absolute Gasteiger partial charge is 0.372 e. The maximum Gasteiger partial charge on any atom is 0.372 e. The molecule has 2 aromatic carbocycles. The molecule has 0 aliphatic heterocycles. The summed E-state index contributed by atoms with van der Waals surface area (Å²) in [7, 11) is 0. The van der Waals surface area contributed by atoms with Crippen molar-refractivity contribution >= 4 is 17.5 Å². The van der Waals surface area contributed by atoms with E-state index in [1.165, 1.54) is 0 Å². The van der Waals surface area contributed by atoms with Crippen LogP contribution in [0.15, 0.2) is 48.5 Å². The van der Waals surface area contributed by atoms with E-state index in [9.17, 15) is 14.4 Å². The Kier molecular flexibility index (Phi) is 7.89. The van der Waals surface area contributed by atoms with E-state index in [1.54, 1.807) is 12.1 Å². The van der Waals surface area contributed by atoms with Crippen LogP contribution >= 0.6 is 0 Å². The Balaban J connectivity index is 2.22. The number of carbonyl (C=O) groups excluding carboxylic acids is 2. The molecule has 0 radical (unpaired) electrons. The van der Waals surface area contributed by atoms with E-state index in [1.807, 2.05) is 36.4 Å². The fraction of sp³-hybridized carbons (Fsp3) is 0.318. The largest absolute Gasteiger partial charge is 0.475 e. The number of benzene rings is 2. The summed E-state index contributed by atoms with van der Waals surface area (Å²) in [5, 5.41) is 17.6. The second-order valence-electron chi connectivity index (χ2n) is 6.56. The third kappa shape index (κ3) is 6.79. The average molecular weight is 368 g/mol. The molecule has 2 aromatic rings. The lowest BCUT2D eigenvalue weighted by molar-refractivity contribution is -0.148. The Hall–Kier alpha value is -2.79. The number of unbranched alkanes of at least 4 members (excludes halogenated alkanes) is 2. The lowest BCUT2D eigenvalue weighted by Crippen LogP contribution is -2.17. The molecule has 0 fully saturated rings. The number of aliphatic hydroxyl groups excluding tert-OH is 1. The van der Waals surface area contributed by atoms with Crippen LogP contribution in [0.1, 0.15) is 52.7 Å². The van der Waals surface area contributed by atoms with Crippen LogP contribution in [0.3, 0.4) is 0 Å². The van der Waals surface area contributed by atoms with Crippen molar-refractivity contribution in [3.8, 4) is 0 Å². The van der Waals surface area contributed by atoms with Crippen LogP contribution in [0.25, 0.3) is 0 Å². The Labute approximate surface area is 158 Å². The predicted octanol–water partition coefficient (Wildman–Crippen LogP) is 3.21. The van der Waals surface area contributed by atoms with E-state index in [4.69, 9.17) is 10.2 Å². The summed E-state index contributed by atoms with van der Waals surface area (Å²) in [5.74, 6) is -3.17. The molecule has 0 bridgehead atoms. The highest BCUT2D eigenvalue weighted by molar-refractivity contribution is 6.37. The van der Waals surface area contributed by atoms with Crippen LogP contribution < -0.4 is 0 Å². The summed E-state index contributed by atoms with van der Waals surface area (Å²) in [6, 6.07) is 15.4. The van der Waals surface area contributed by atoms with E-state index in [0.717, 1.165) is 42.4 Å². The summed E-state index contributed by atoms with van der Waals surface area (Å²) in [4.78, 5) is 34.5. The van der Waals surface area contributed by atoms with Crippen molar-refractivity contribution < 1.29 is 24.6 Å². The van der Waals surface area contributed by atoms with Gasteiger partial charge in [-0.3, -0.25) is 9.59 Å². The quantitative estimate of drug-likeness (QED) is 0.275. The van der Waals surface area contributed by atoms with Gasteiger partial charge in [-0.2, -0.15) is 0 Å². The van der Waals surface area contributed by atoms with Crippen molar-refractivity contribution in [3.05, 3.63) is 70.8 Å². The normalized spacial score (nSPS) is 10.6. The molecule has 0 spiro atoms. The van der Waals surface area contributed by atoms with E-state index in [2.05, 4.69) is 0 Å². The highest BCUT2D eigenvalue weighted by Gasteiger charge is 2.18. The fourth-order valence-corrected chi connectivity index (χ4v) is 2.94. The topological polar surface area (TPSA) is 91.7 Å². The first-order valence-electron chi connectivity index (χ1n) is 9.06. The zero-order valence-corrected chi connectivity index (χ0v) is 15.2. The molecule has 0 unspecified atom stereocenters. The maximum atomic E-state index is 12.4. The number of aliphatic hydroxyl groups is 1. The average Bonchev–Trinajstić information content (AvgIpc) is 2.65. The second-order valence-corrected chi connectivity index (χ2v) is 6.56. The lowest BCUT2D eigenvalue weighted by Gasteiger charge is -2.10. The number of Topliss-reactive ketones (excluding diaryl/α,β-unsaturated/α-hetero) is 2. The summed E-state index contributed by atoms with van der Waals surface area (Å²) in [5.41, 5.74) is 3.41. The molecule has 0 aromatic heterocycles. The van der Waals surface area contributed by atoms with E-state index in [0.29, 0.717) is 12.0 Å².